The molecule has 0 aliphatic heterocycles. The molecule has 1 N–H and O–H groups in total. The summed E-state index contributed by atoms with van der Waals surface area (Å²) in [6.07, 6.45) is 1.41. The minimum absolute atomic E-state index is 0.291. The van der Waals surface area contributed by atoms with E-state index in [1.54, 1.807) is 12.1 Å². The van der Waals surface area contributed by atoms with Gasteiger partial charge in [0.15, 0.2) is 0 Å². The van der Waals surface area contributed by atoms with Crippen molar-refractivity contribution >= 4 is 33.2 Å². The van der Waals surface area contributed by atoms with E-state index in [4.69, 9.17) is 11.6 Å². The van der Waals surface area contributed by atoms with Gasteiger partial charge in [-0.15, -0.1) is 11.3 Å². The zero-order chi connectivity index (χ0) is 20.7. The molecule has 0 aliphatic rings. The van der Waals surface area contributed by atoms with Gasteiger partial charge in [-0.25, -0.2) is 14.3 Å². The SMILES string of the molecule is O=c1[nH]c2scc(-c3ccc(-c4ccccc4)cc3)c2c(=O)n1-c1ccc(Cl)nc1. The van der Waals surface area contributed by atoms with Crippen LogP contribution >= 0.6 is 22.9 Å². The number of rotatable bonds is 3. The number of nitrogens with one attached hydrogen (secondary N) is 1. The molecule has 0 atom stereocenters. The molecule has 3 aromatic heterocycles. The molecule has 2 aromatic carbocycles. The number of aromatic amines is 1. The Morgan fingerprint density at radius 3 is 2.27 bits per heavy atom. The summed E-state index contributed by atoms with van der Waals surface area (Å²) in [5.41, 5.74) is 3.38. The van der Waals surface area contributed by atoms with Gasteiger partial charge in [-0.3, -0.25) is 9.78 Å². The van der Waals surface area contributed by atoms with Gasteiger partial charge in [0, 0.05) is 10.9 Å². The van der Waals surface area contributed by atoms with Crippen LogP contribution in [0.1, 0.15) is 0 Å². The van der Waals surface area contributed by atoms with Crippen LogP contribution < -0.4 is 11.2 Å². The van der Waals surface area contributed by atoms with Crippen LogP contribution in [0, 0.1) is 0 Å². The number of halogens is 1. The first-order valence-electron chi connectivity index (χ1n) is 9.16. The van der Waals surface area contributed by atoms with Crippen LogP contribution in [0.15, 0.2) is 87.9 Å². The minimum Gasteiger partial charge on any atom is -0.298 e. The Labute approximate surface area is 179 Å². The average molecular weight is 432 g/mol. The summed E-state index contributed by atoms with van der Waals surface area (Å²) in [5, 5.41) is 2.66. The standard InChI is InChI=1S/C23H14ClN3O2S/c24-19-11-10-17(12-25-19)27-22(28)20-18(13-30-21(20)26-23(27)29)16-8-6-15(7-9-16)14-4-2-1-3-5-14/h1-13H,(H,26,29). The van der Waals surface area contributed by atoms with Crippen LogP contribution in [0.25, 0.3) is 38.2 Å². The van der Waals surface area contributed by atoms with Crippen molar-refractivity contribution in [1.82, 2.24) is 14.5 Å². The van der Waals surface area contributed by atoms with Crippen molar-refractivity contribution < 1.29 is 0 Å². The Morgan fingerprint density at radius 2 is 1.57 bits per heavy atom. The molecule has 0 saturated carbocycles. The molecule has 0 amide bonds. The van der Waals surface area contributed by atoms with Crippen molar-refractivity contribution in [2.24, 2.45) is 0 Å². The predicted octanol–water partition coefficient (Wildman–Crippen LogP) is 5.12. The summed E-state index contributed by atoms with van der Waals surface area (Å²) in [5.74, 6) is 0. The third-order valence-corrected chi connectivity index (χ3v) is 6.02. The van der Waals surface area contributed by atoms with Crippen molar-refractivity contribution in [3.63, 3.8) is 0 Å². The van der Waals surface area contributed by atoms with Crippen LogP contribution in [-0.4, -0.2) is 14.5 Å². The normalized spacial score (nSPS) is 11.1. The number of hydrogen-bond donors (Lipinski definition) is 1. The maximum atomic E-state index is 13.3. The second kappa shape index (κ2) is 7.40. The lowest BCUT2D eigenvalue weighted by Crippen LogP contribution is -2.33. The number of pyridine rings is 1. The molecule has 0 spiro atoms. The molecule has 0 unspecified atom stereocenters. The second-order valence-corrected chi connectivity index (χ2v) is 7.97. The first-order chi connectivity index (χ1) is 14.6. The van der Waals surface area contributed by atoms with E-state index in [1.165, 1.54) is 17.5 Å². The van der Waals surface area contributed by atoms with Crippen LogP contribution in [-0.2, 0) is 0 Å². The highest BCUT2D eigenvalue weighted by Gasteiger charge is 2.16. The second-order valence-electron chi connectivity index (χ2n) is 6.71. The lowest BCUT2D eigenvalue weighted by atomic mass is 10.0. The maximum absolute atomic E-state index is 13.3. The van der Waals surface area contributed by atoms with Gasteiger partial charge in [-0.2, -0.15) is 0 Å². The van der Waals surface area contributed by atoms with Crippen molar-refractivity contribution in [2.45, 2.75) is 0 Å². The lowest BCUT2D eigenvalue weighted by molar-refractivity contribution is 0.898. The summed E-state index contributed by atoms with van der Waals surface area (Å²) >= 11 is 7.17. The predicted molar refractivity (Wildman–Crippen MR) is 122 cm³/mol. The highest BCUT2D eigenvalue weighted by molar-refractivity contribution is 7.17. The molecule has 5 aromatic rings. The molecule has 0 fully saturated rings. The molecular weight excluding hydrogens is 418 g/mol. The summed E-state index contributed by atoms with van der Waals surface area (Å²) in [6, 6.07) is 21.3. The third-order valence-electron chi connectivity index (χ3n) is 4.90. The Hall–Kier alpha value is -3.48. The molecule has 0 saturated heterocycles. The van der Waals surface area contributed by atoms with Crippen molar-refractivity contribution in [1.29, 1.82) is 0 Å². The zero-order valence-corrected chi connectivity index (χ0v) is 17.1. The van der Waals surface area contributed by atoms with Gasteiger partial charge in [0.1, 0.15) is 9.98 Å². The smallest absolute Gasteiger partial charge is 0.298 e. The number of benzene rings is 2. The Bertz CT molecular complexity index is 1470. The topological polar surface area (TPSA) is 67.8 Å². The Balaban J connectivity index is 1.66. The lowest BCUT2D eigenvalue weighted by Gasteiger charge is -2.07. The van der Waals surface area contributed by atoms with E-state index in [-0.39, 0.29) is 5.56 Å². The van der Waals surface area contributed by atoms with Gasteiger partial charge < -0.3 is 0 Å². The monoisotopic (exact) mass is 431 g/mol. The first-order valence-corrected chi connectivity index (χ1v) is 10.4. The van der Waals surface area contributed by atoms with Crippen LogP contribution in [0.5, 0.6) is 0 Å². The summed E-state index contributed by atoms with van der Waals surface area (Å²) in [4.78, 5) is 33.1. The highest BCUT2D eigenvalue weighted by Crippen LogP contribution is 2.32. The number of aromatic nitrogens is 3. The van der Waals surface area contributed by atoms with E-state index >= 15 is 0 Å². The molecule has 5 nitrogen and oxygen atoms in total. The number of nitrogens with zero attached hydrogens (tertiary/aromatic N) is 2. The largest absolute Gasteiger partial charge is 0.334 e. The van der Waals surface area contributed by atoms with E-state index in [0.717, 1.165) is 26.8 Å². The fourth-order valence-electron chi connectivity index (χ4n) is 3.44. The Kier molecular flexibility index (Phi) is 4.58. The average Bonchev–Trinajstić information content (AvgIpc) is 3.20. The van der Waals surface area contributed by atoms with E-state index in [9.17, 15) is 9.59 Å². The fourth-order valence-corrected chi connectivity index (χ4v) is 4.50. The minimum atomic E-state index is -0.510. The summed E-state index contributed by atoms with van der Waals surface area (Å²) in [6.45, 7) is 0. The molecule has 7 heteroatoms. The first kappa shape index (κ1) is 18.5. The van der Waals surface area contributed by atoms with E-state index < -0.39 is 5.69 Å². The Morgan fingerprint density at radius 1 is 0.867 bits per heavy atom. The number of fused-ring (bicyclic) bond motifs is 1. The van der Waals surface area contributed by atoms with Gasteiger partial charge >= 0.3 is 5.69 Å². The van der Waals surface area contributed by atoms with Crippen LogP contribution in [0.2, 0.25) is 5.15 Å². The van der Waals surface area contributed by atoms with Crippen molar-refractivity contribution in [3.8, 4) is 27.9 Å². The van der Waals surface area contributed by atoms with Crippen molar-refractivity contribution in [3.05, 3.63) is 104 Å². The van der Waals surface area contributed by atoms with E-state index in [2.05, 4.69) is 22.1 Å². The number of H-pyrrole nitrogens is 1. The van der Waals surface area contributed by atoms with Gasteiger partial charge in [-0.1, -0.05) is 66.2 Å². The molecule has 30 heavy (non-hydrogen) atoms. The van der Waals surface area contributed by atoms with Gasteiger partial charge in [0.25, 0.3) is 5.56 Å². The fraction of sp³-hybridized carbons (Fsp3) is 0. The van der Waals surface area contributed by atoms with Gasteiger partial charge in [-0.05, 0) is 28.8 Å². The molecule has 0 bridgehead atoms. The number of thiophene rings is 1. The van der Waals surface area contributed by atoms with Crippen LogP contribution in [0.3, 0.4) is 0 Å². The van der Waals surface area contributed by atoms with Gasteiger partial charge in [0.2, 0.25) is 0 Å². The quantitative estimate of drug-likeness (QED) is 0.403. The molecule has 3 heterocycles. The van der Waals surface area contributed by atoms with E-state index in [0.29, 0.717) is 21.1 Å². The molecule has 5 rings (SSSR count). The van der Waals surface area contributed by atoms with Crippen LogP contribution in [0.4, 0.5) is 0 Å². The zero-order valence-electron chi connectivity index (χ0n) is 15.5. The summed E-state index contributed by atoms with van der Waals surface area (Å²) < 4.78 is 1.08. The van der Waals surface area contributed by atoms with E-state index in [1.807, 2.05) is 47.8 Å². The number of hydrogen-bond acceptors (Lipinski definition) is 4. The highest BCUT2D eigenvalue weighted by atomic mass is 35.5. The molecular formula is C23H14ClN3O2S. The van der Waals surface area contributed by atoms with Crippen molar-refractivity contribution in [2.75, 3.05) is 0 Å². The van der Waals surface area contributed by atoms with Gasteiger partial charge in [0.05, 0.1) is 17.3 Å². The maximum Gasteiger partial charge on any atom is 0.334 e. The molecule has 0 aliphatic carbocycles. The summed E-state index contributed by atoms with van der Waals surface area (Å²) in [7, 11) is 0. The molecule has 146 valence electrons. The third kappa shape index (κ3) is 3.16. The molecule has 0 radical (unpaired) electrons.